The third kappa shape index (κ3) is 3.25. The van der Waals surface area contributed by atoms with Gasteiger partial charge in [0.15, 0.2) is 0 Å². The van der Waals surface area contributed by atoms with Crippen LogP contribution >= 0.6 is 0 Å². The molecule has 2 aliphatic rings. The number of benzene rings is 1. The van der Waals surface area contributed by atoms with E-state index >= 15 is 0 Å². The summed E-state index contributed by atoms with van der Waals surface area (Å²) < 4.78 is 29.9. The summed E-state index contributed by atoms with van der Waals surface area (Å²) in [6, 6.07) is 4.94. The first-order valence-corrected chi connectivity index (χ1v) is 10.6. The van der Waals surface area contributed by atoms with Crippen molar-refractivity contribution < 1.29 is 13.2 Å². The molecule has 9 heteroatoms. The Bertz CT molecular complexity index is 1010. The van der Waals surface area contributed by atoms with E-state index in [1.54, 1.807) is 23.1 Å². The minimum Gasteiger partial charge on any atom is -0.317 e. The Morgan fingerprint density at radius 1 is 1.30 bits per heavy atom. The SMILES string of the molecule is CC(=O)N1c2ccc(S(=O)(=O)NCc3nnc(C4CC4)n3C)cc2C[C@@H]1C. The maximum atomic E-state index is 12.7. The summed E-state index contributed by atoms with van der Waals surface area (Å²) in [7, 11) is -1.82. The molecule has 1 aliphatic heterocycles. The summed E-state index contributed by atoms with van der Waals surface area (Å²) in [5, 5.41) is 8.28. The fourth-order valence-corrected chi connectivity index (χ4v) is 4.75. The van der Waals surface area contributed by atoms with Crippen molar-refractivity contribution in [1.29, 1.82) is 0 Å². The molecular formula is C18H23N5O3S. The maximum absolute atomic E-state index is 12.7. The Kier molecular flexibility index (Phi) is 4.31. The van der Waals surface area contributed by atoms with Crippen LogP contribution in [0.3, 0.4) is 0 Å². The standard InChI is InChI=1S/C18H23N5O3S/c1-11-8-14-9-15(6-7-16(14)23(11)12(2)24)27(25,26)19-10-17-20-21-18(22(17)3)13-4-5-13/h6-7,9,11,13,19H,4-5,8,10H2,1-3H3/t11-/m0/s1. The zero-order valence-corrected chi connectivity index (χ0v) is 16.5. The van der Waals surface area contributed by atoms with E-state index in [-0.39, 0.29) is 23.4 Å². The van der Waals surface area contributed by atoms with Crippen LogP contribution in [0.25, 0.3) is 0 Å². The van der Waals surface area contributed by atoms with Crippen molar-refractivity contribution in [2.24, 2.45) is 7.05 Å². The van der Waals surface area contributed by atoms with Gasteiger partial charge in [0.05, 0.1) is 11.4 Å². The lowest BCUT2D eigenvalue weighted by atomic mass is 10.1. The van der Waals surface area contributed by atoms with Crippen LogP contribution in [0.2, 0.25) is 0 Å². The number of nitrogens with one attached hydrogen (secondary N) is 1. The zero-order chi connectivity index (χ0) is 19.3. The second-order valence-corrected chi connectivity index (χ2v) is 9.13. The van der Waals surface area contributed by atoms with Gasteiger partial charge in [0.1, 0.15) is 11.6 Å². The number of anilines is 1. The van der Waals surface area contributed by atoms with Crippen molar-refractivity contribution in [3.8, 4) is 0 Å². The van der Waals surface area contributed by atoms with Crippen molar-refractivity contribution in [2.75, 3.05) is 4.90 Å². The number of sulfonamides is 1. The molecule has 0 saturated heterocycles. The Morgan fingerprint density at radius 2 is 2.04 bits per heavy atom. The number of fused-ring (bicyclic) bond motifs is 1. The Morgan fingerprint density at radius 3 is 2.70 bits per heavy atom. The molecule has 1 fully saturated rings. The molecule has 1 atom stereocenters. The highest BCUT2D eigenvalue weighted by Crippen LogP contribution is 2.38. The summed E-state index contributed by atoms with van der Waals surface area (Å²) >= 11 is 0. The van der Waals surface area contributed by atoms with E-state index in [1.807, 2.05) is 18.5 Å². The summed E-state index contributed by atoms with van der Waals surface area (Å²) in [6.07, 6.45) is 2.87. The minimum atomic E-state index is -3.68. The Balaban J connectivity index is 1.53. The zero-order valence-electron chi connectivity index (χ0n) is 15.6. The molecule has 0 unspecified atom stereocenters. The molecule has 1 aromatic carbocycles. The number of carbonyl (C=O) groups excluding carboxylic acids is 1. The van der Waals surface area contributed by atoms with E-state index in [9.17, 15) is 13.2 Å². The van der Waals surface area contributed by atoms with Gasteiger partial charge in [-0.15, -0.1) is 10.2 Å². The molecule has 27 heavy (non-hydrogen) atoms. The van der Waals surface area contributed by atoms with Gasteiger partial charge in [-0.25, -0.2) is 13.1 Å². The summed E-state index contributed by atoms with van der Waals surface area (Å²) in [5.41, 5.74) is 1.66. The topological polar surface area (TPSA) is 97.2 Å². The van der Waals surface area contributed by atoms with Gasteiger partial charge in [-0.1, -0.05) is 0 Å². The molecule has 2 heterocycles. The predicted octanol–water partition coefficient (Wildman–Crippen LogP) is 1.47. The molecule has 1 amide bonds. The van der Waals surface area contributed by atoms with E-state index in [0.29, 0.717) is 18.2 Å². The first-order chi connectivity index (χ1) is 12.8. The number of nitrogens with zero attached hydrogens (tertiary/aromatic N) is 4. The number of aromatic nitrogens is 3. The molecule has 1 aromatic heterocycles. The Labute approximate surface area is 158 Å². The van der Waals surface area contributed by atoms with Gasteiger partial charge in [-0.2, -0.15) is 0 Å². The van der Waals surface area contributed by atoms with E-state index < -0.39 is 10.0 Å². The summed E-state index contributed by atoms with van der Waals surface area (Å²) in [6.45, 7) is 3.57. The smallest absolute Gasteiger partial charge is 0.240 e. The molecule has 1 N–H and O–H groups in total. The Hall–Kier alpha value is -2.26. The fraction of sp³-hybridized carbons (Fsp3) is 0.500. The molecule has 144 valence electrons. The van der Waals surface area contributed by atoms with E-state index in [2.05, 4.69) is 14.9 Å². The molecule has 2 aromatic rings. The maximum Gasteiger partial charge on any atom is 0.240 e. The van der Waals surface area contributed by atoms with E-state index in [1.165, 1.54) is 6.92 Å². The summed E-state index contributed by atoms with van der Waals surface area (Å²) in [5.74, 6) is 1.93. The third-order valence-electron chi connectivity index (χ3n) is 5.28. The lowest BCUT2D eigenvalue weighted by Crippen LogP contribution is -2.33. The highest BCUT2D eigenvalue weighted by atomic mass is 32.2. The lowest BCUT2D eigenvalue weighted by molar-refractivity contribution is -0.116. The van der Waals surface area contributed by atoms with Gasteiger partial charge < -0.3 is 9.47 Å². The van der Waals surface area contributed by atoms with Crippen LogP contribution in [0.4, 0.5) is 5.69 Å². The minimum absolute atomic E-state index is 0.0305. The van der Waals surface area contributed by atoms with Crippen LogP contribution in [0.1, 0.15) is 49.8 Å². The number of hydrogen-bond acceptors (Lipinski definition) is 5. The van der Waals surface area contributed by atoms with Crippen molar-refractivity contribution in [2.45, 2.75) is 56.5 Å². The van der Waals surface area contributed by atoms with E-state index in [0.717, 1.165) is 29.9 Å². The highest BCUT2D eigenvalue weighted by Gasteiger charge is 2.31. The predicted molar refractivity (Wildman–Crippen MR) is 99.8 cm³/mol. The largest absolute Gasteiger partial charge is 0.317 e. The summed E-state index contributed by atoms with van der Waals surface area (Å²) in [4.78, 5) is 13.7. The molecule has 0 spiro atoms. The molecule has 8 nitrogen and oxygen atoms in total. The molecule has 4 rings (SSSR count). The van der Waals surface area contributed by atoms with Crippen molar-refractivity contribution in [3.63, 3.8) is 0 Å². The monoisotopic (exact) mass is 389 g/mol. The molecule has 1 saturated carbocycles. The van der Waals surface area contributed by atoms with Gasteiger partial charge in [0.2, 0.25) is 15.9 Å². The third-order valence-corrected chi connectivity index (χ3v) is 6.68. The lowest BCUT2D eigenvalue weighted by Gasteiger charge is -2.20. The van der Waals surface area contributed by atoms with Crippen LogP contribution in [-0.4, -0.2) is 35.1 Å². The first kappa shape index (κ1) is 18.1. The van der Waals surface area contributed by atoms with Crippen LogP contribution in [0.15, 0.2) is 23.1 Å². The second kappa shape index (κ2) is 6.42. The van der Waals surface area contributed by atoms with E-state index in [4.69, 9.17) is 0 Å². The number of amides is 1. The van der Waals surface area contributed by atoms with Crippen molar-refractivity contribution in [1.82, 2.24) is 19.5 Å². The highest BCUT2D eigenvalue weighted by molar-refractivity contribution is 7.89. The van der Waals surface area contributed by atoms with Crippen LogP contribution in [0.5, 0.6) is 0 Å². The number of carbonyl (C=O) groups is 1. The average Bonchev–Trinajstić information content (AvgIpc) is 3.29. The van der Waals surface area contributed by atoms with Gasteiger partial charge >= 0.3 is 0 Å². The van der Waals surface area contributed by atoms with Gasteiger partial charge in [-0.3, -0.25) is 4.79 Å². The average molecular weight is 389 g/mol. The van der Waals surface area contributed by atoms with Crippen LogP contribution < -0.4 is 9.62 Å². The molecule has 1 aliphatic carbocycles. The van der Waals surface area contributed by atoms with Gasteiger partial charge in [-0.05, 0) is 49.9 Å². The molecule has 0 bridgehead atoms. The van der Waals surface area contributed by atoms with Gasteiger partial charge in [0, 0.05) is 31.6 Å². The molecular weight excluding hydrogens is 366 g/mol. The van der Waals surface area contributed by atoms with Gasteiger partial charge in [0.25, 0.3) is 0 Å². The first-order valence-electron chi connectivity index (χ1n) is 9.08. The van der Waals surface area contributed by atoms with Crippen molar-refractivity contribution in [3.05, 3.63) is 35.4 Å². The fourth-order valence-electron chi connectivity index (χ4n) is 3.72. The second-order valence-electron chi connectivity index (χ2n) is 7.36. The normalized spacial score (nSPS) is 19.4. The van der Waals surface area contributed by atoms with Crippen molar-refractivity contribution >= 4 is 21.6 Å². The number of hydrogen-bond donors (Lipinski definition) is 1. The van der Waals surface area contributed by atoms with Crippen LogP contribution in [-0.2, 0) is 34.8 Å². The molecule has 0 radical (unpaired) electrons. The van der Waals surface area contributed by atoms with Crippen LogP contribution in [0, 0.1) is 0 Å². The quantitative estimate of drug-likeness (QED) is 0.835. The number of rotatable bonds is 5.